The van der Waals surface area contributed by atoms with E-state index in [0.29, 0.717) is 43.6 Å². The van der Waals surface area contributed by atoms with E-state index in [1.807, 2.05) is 68.6 Å². The van der Waals surface area contributed by atoms with Crippen LogP contribution in [-0.2, 0) is 18.3 Å². The zero-order valence-corrected chi connectivity index (χ0v) is 19.7. The molecule has 1 N–H and O–H groups in total. The third kappa shape index (κ3) is 6.26. The lowest BCUT2D eigenvalue weighted by Crippen LogP contribution is -2.41. The van der Waals surface area contributed by atoms with Gasteiger partial charge < -0.3 is 24.4 Å². The van der Waals surface area contributed by atoms with E-state index in [0.717, 1.165) is 23.2 Å². The minimum atomic E-state index is -0.149. The van der Waals surface area contributed by atoms with Crippen molar-refractivity contribution in [1.29, 1.82) is 0 Å². The van der Waals surface area contributed by atoms with E-state index < -0.39 is 0 Å². The van der Waals surface area contributed by atoms with Crippen LogP contribution in [0, 0.1) is 0 Å². The average Bonchev–Trinajstić information content (AvgIpc) is 3.15. The number of aryl methyl sites for hydroxylation is 1. The van der Waals surface area contributed by atoms with Crippen LogP contribution in [0.25, 0.3) is 11.3 Å². The Bertz CT molecular complexity index is 1040. The first kappa shape index (κ1) is 24.1. The number of hydrogen-bond donors (Lipinski definition) is 1. The van der Waals surface area contributed by atoms with E-state index in [-0.39, 0.29) is 6.03 Å². The normalized spacial score (nSPS) is 10.7. The number of aromatic nitrogens is 2. The van der Waals surface area contributed by atoms with Crippen molar-refractivity contribution in [2.75, 3.05) is 33.9 Å². The molecular formula is C25H32N4O4. The number of carbonyl (C=O) groups excluding carboxylic acids is 1. The maximum absolute atomic E-state index is 12.9. The molecule has 0 atom stereocenters. The molecule has 8 nitrogen and oxygen atoms in total. The second kappa shape index (κ2) is 11.9. The second-order valence-electron chi connectivity index (χ2n) is 7.55. The minimum Gasteiger partial charge on any atom is -0.497 e. The van der Waals surface area contributed by atoms with Gasteiger partial charge in [0, 0.05) is 38.9 Å². The Morgan fingerprint density at radius 3 is 2.55 bits per heavy atom. The number of nitrogens with one attached hydrogen (secondary N) is 1. The van der Waals surface area contributed by atoms with Crippen molar-refractivity contribution in [1.82, 2.24) is 20.0 Å². The third-order valence-electron chi connectivity index (χ3n) is 5.12. The number of hydrogen-bond acceptors (Lipinski definition) is 5. The Labute approximate surface area is 195 Å². The number of ether oxygens (including phenoxy) is 3. The molecule has 176 valence electrons. The first-order valence-corrected chi connectivity index (χ1v) is 11.0. The summed E-state index contributed by atoms with van der Waals surface area (Å²) in [4.78, 5) is 14.6. The average molecular weight is 453 g/mol. The Hall–Kier alpha value is -3.52. The SMILES string of the molecule is CCCNC(=O)N(CCOC)Cc1c(-c2ccccc2)nn(C)c1Oc1cccc(OC)c1. The largest absolute Gasteiger partial charge is 0.497 e. The highest BCUT2D eigenvalue weighted by Gasteiger charge is 2.24. The van der Waals surface area contributed by atoms with Crippen LogP contribution in [0.3, 0.4) is 0 Å². The van der Waals surface area contributed by atoms with E-state index in [2.05, 4.69) is 5.32 Å². The maximum atomic E-state index is 12.9. The molecular weight excluding hydrogens is 420 g/mol. The van der Waals surface area contributed by atoms with Gasteiger partial charge in [-0.1, -0.05) is 43.3 Å². The predicted molar refractivity (Wildman–Crippen MR) is 128 cm³/mol. The number of methoxy groups -OCH3 is 2. The van der Waals surface area contributed by atoms with Crippen LogP contribution in [0.4, 0.5) is 4.79 Å². The van der Waals surface area contributed by atoms with Crippen molar-refractivity contribution in [3.8, 4) is 28.6 Å². The quantitative estimate of drug-likeness (QED) is 0.465. The molecule has 0 saturated heterocycles. The molecule has 0 aliphatic heterocycles. The predicted octanol–water partition coefficient (Wildman–Crippen LogP) is 4.46. The minimum absolute atomic E-state index is 0.149. The van der Waals surface area contributed by atoms with Crippen molar-refractivity contribution in [3.63, 3.8) is 0 Å². The van der Waals surface area contributed by atoms with Gasteiger partial charge in [0.25, 0.3) is 0 Å². The molecule has 2 amide bonds. The van der Waals surface area contributed by atoms with E-state index >= 15 is 0 Å². The molecule has 0 spiro atoms. The highest BCUT2D eigenvalue weighted by atomic mass is 16.5. The molecule has 33 heavy (non-hydrogen) atoms. The smallest absolute Gasteiger partial charge is 0.317 e. The zero-order valence-electron chi connectivity index (χ0n) is 19.7. The van der Waals surface area contributed by atoms with Crippen LogP contribution in [0.5, 0.6) is 17.4 Å². The summed E-state index contributed by atoms with van der Waals surface area (Å²) >= 11 is 0. The lowest BCUT2D eigenvalue weighted by Gasteiger charge is -2.23. The molecule has 0 fully saturated rings. The summed E-state index contributed by atoms with van der Waals surface area (Å²) < 4.78 is 18.6. The molecule has 8 heteroatoms. The standard InChI is InChI=1S/C25H32N4O4/c1-5-14-26-25(30)29(15-16-31-3)18-22-23(19-10-7-6-8-11-19)27-28(2)24(22)33-21-13-9-12-20(17-21)32-4/h6-13,17H,5,14-16,18H2,1-4H3,(H,26,30). The van der Waals surface area contributed by atoms with Gasteiger partial charge in [-0.15, -0.1) is 0 Å². The highest BCUT2D eigenvalue weighted by Crippen LogP contribution is 2.35. The van der Waals surface area contributed by atoms with E-state index in [1.54, 1.807) is 23.8 Å². The highest BCUT2D eigenvalue weighted by molar-refractivity contribution is 5.75. The molecule has 1 aromatic heterocycles. The summed E-state index contributed by atoms with van der Waals surface area (Å²) in [7, 11) is 5.08. The van der Waals surface area contributed by atoms with Crippen molar-refractivity contribution >= 4 is 6.03 Å². The van der Waals surface area contributed by atoms with Crippen LogP contribution in [-0.4, -0.2) is 54.6 Å². The van der Waals surface area contributed by atoms with Gasteiger partial charge in [-0.05, 0) is 18.6 Å². The molecule has 0 unspecified atom stereocenters. The van der Waals surface area contributed by atoms with Crippen LogP contribution in [0.1, 0.15) is 18.9 Å². The van der Waals surface area contributed by atoms with Crippen LogP contribution < -0.4 is 14.8 Å². The number of amides is 2. The van der Waals surface area contributed by atoms with E-state index in [1.165, 1.54) is 0 Å². The van der Waals surface area contributed by atoms with Gasteiger partial charge >= 0.3 is 6.03 Å². The van der Waals surface area contributed by atoms with Crippen molar-refractivity contribution in [2.45, 2.75) is 19.9 Å². The Morgan fingerprint density at radius 1 is 1.09 bits per heavy atom. The molecule has 3 aromatic rings. The number of carbonyl (C=O) groups is 1. The lowest BCUT2D eigenvalue weighted by atomic mass is 10.1. The molecule has 0 bridgehead atoms. The lowest BCUT2D eigenvalue weighted by molar-refractivity contribution is 0.146. The Morgan fingerprint density at radius 2 is 1.85 bits per heavy atom. The first-order chi connectivity index (χ1) is 16.1. The molecule has 3 rings (SSSR count). The first-order valence-electron chi connectivity index (χ1n) is 11.0. The molecule has 2 aromatic carbocycles. The van der Waals surface area contributed by atoms with Gasteiger partial charge in [-0.3, -0.25) is 0 Å². The van der Waals surface area contributed by atoms with Gasteiger partial charge in [-0.25, -0.2) is 9.48 Å². The zero-order chi connectivity index (χ0) is 23.6. The van der Waals surface area contributed by atoms with Crippen molar-refractivity contribution in [3.05, 3.63) is 60.2 Å². The van der Waals surface area contributed by atoms with E-state index in [4.69, 9.17) is 19.3 Å². The summed E-state index contributed by atoms with van der Waals surface area (Å²) in [6, 6.07) is 17.1. The molecule has 1 heterocycles. The summed E-state index contributed by atoms with van der Waals surface area (Å²) in [5.41, 5.74) is 2.53. The fourth-order valence-electron chi connectivity index (χ4n) is 3.42. The van der Waals surface area contributed by atoms with Gasteiger partial charge in [0.15, 0.2) is 0 Å². The van der Waals surface area contributed by atoms with Crippen LogP contribution in [0.15, 0.2) is 54.6 Å². The van der Waals surface area contributed by atoms with Crippen molar-refractivity contribution in [2.24, 2.45) is 7.05 Å². The van der Waals surface area contributed by atoms with E-state index in [9.17, 15) is 4.79 Å². The molecule has 0 aliphatic carbocycles. The Balaban J connectivity index is 2.02. The monoisotopic (exact) mass is 452 g/mol. The van der Waals surface area contributed by atoms with Gasteiger partial charge in [-0.2, -0.15) is 5.10 Å². The number of nitrogens with zero attached hydrogens (tertiary/aromatic N) is 3. The fraction of sp³-hybridized carbons (Fsp3) is 0.360. The summed E-state index contributed by atoms with van der Waals surface area (Å²) in [5, 5.41) is 7.70. The number of urea groups is 1. The van der Waals surface area contributed by atoms with Crippen LogP contribution >= 0.6 is 0 Å². The van der Waals surface area contributed by atoms with Gasteiger partial charge in [0.05, 0.1) is 25.8 Å². The van der Waals surface area contributed by atoms with Gasteiger partial charge in [0.1, 0.15) is 17.2 Å². The summed E-state index contributed by atoms with van der Waals surface area (Å²) in [6.07, 6.45) is 0.857. The fourth-order valence-corrected chi connectivity index (χ4v) is 3.42. The van der Waals surface area contributed by atoms with Crippen molar-refractivity contribution < 1.29 is 19.0 Å². The number of rotatable bonds is 11. The maximum Gasteiger partial charge on any atom is 0.317 e. The Kier molecular flexibility index (Phi) is 8.71. The topological polar surface area (TPSA) is 77.9 Å². The van der Waals surface area contributed by atoms with Crippen LogP contribution in [0.2, 0.25) is 0 Å². The second-order valence-corrected chi connectivity index (χ2v) is 7.55. The molecule has 0 saturated carbocycles. The summed E-state index contributed by atoms with van der Waals surface area (Å²) in [6.45, 7) is 3.80. The number of benzene rings is 2. The molecule has 0 radical (unpaired) electrons. The summed E-state index contributed by atoms with van der Waals surface area (Å²) in [5.74, 6) is 1.88. The molecule has 0 aliphatic rings. The van der Waals surface area contributed by atoms with Gasteiger partial charge in [0.2, 0.25) is 5.88 Å². The third-order valence-corrected chi connectivity index (χ3v) is 5.12.